The summed E-state index contributed by atoms with van der Waals surface area (Å²) in [6.07, 6.45) is -5.58. The maximum Gasteiger partial charge on any atom is 0.280 e. The fourth-order valence-electron chi connectivity index (χ4n) is 3.68. The molecule has 0 radical (unpaired) electrons. The molecule has 1 saturated carbocycles. The van der Waals surface area contributed by atoms with Crippen LogP contribution in [0.15, 0.2) is 0 Å². The summed E-state index contributed by atoms with van der Waals surface area (Å²) < 4.78 is 16.8. The Bertz CT molecular complexity index is 488. The third-order valence-electron chi connectivity index (χ3n) is 4.93. The Morgan fingerprint density at radius 3 is 2.20 bits per heavy atom. The number of ether oxygens (including phenoxy) is 3. The van der Waals surface area contributed by atoms with Crippen molar-refractivity contribution < 1.29 is 59.1 Å². The zero-order valence-electron chi connectivity index (χ0n) is 14.1. The molecule has 0 spiro atoms. The summed E-state index contributed by atoms with van der Waals surface area (Å²) in [5.74, 6) is -2.76. The molecule has 148 valence electrons. The molecule has 1 unspecified atom stereocenters. The number of ketones is 1. The summed E-state index contributed by atoms with van der Waals surface area (Å²) in [6, 6.07) is -1.29. The summed E-state index contributed by atoms with van der Waals surface area (Å²) in [5, 5.41) is 37.2. The molecule has 0 amide bonds. The average molecular weight is 403 g/mol. The minimum atomic E-state index is -2.23. The second-order valence-electron chi connectivity index (χ2n) is 6.40. The lowest BCUT2D eigenvalue weighted by molar-refractivity contribution is -0.420. The van der Waals surface area contributed by atoms with Crippen LogP contribution >= 0.6 is 0 Å². The van der Waals surface area contributed by atoms with Crippen molar-refractivity contribution in [2.75, 3.05) is 14.1 Å². The third kappa shape index (κ3) is 3.55. The van der Waals surface area contributed by atoms with Gasteiger partial charge in [-0.2, -0.15) is 0 Å². The van der Waals surface area contributed by atoms with Crippen LogP contribution in [0.5, 0.6) is 0 Å². The van der Waals surface area contributed by atoms with Crippen molar-refractivity contribution in [2.24, 2.45) is 0 Å². The van der Waals surface area contributed by atoms with Crippen molar-refractivity contribution in [3.05, 3.63) is 0 Å². The van der Waals surface area contributed by atoms with Gasteiger partial charge < -0.3 is 65.0 Å². The van der Waals surface area contributed by atoms with Gasteiger partial charge in [0, 0.05) is 6.42 Å². The highest BCUT2D eigenvalue weighted by Crippen LogP contribution is 2.40. The number of hydrogen-bond acceptors (Lipinski definition) is 9. The largest absolute Gasteiger partial charge is 1.00 e. The van der Waals surface area contributed by atoms with E-state index in [1.54, 1.807) is 21.0 Å². The van der Waals surface area contributed by atoms with Gasteiger partial charge >= 0.3 is 0 Å². The third-order valence-corrected chi connectivity index (χ3v) is 4.93. The Labute approximate surface area is 158 Å². The van der Waals surface area contributed by atoms with E-state index in [0.29, 0.717) is 0 Å². The molecule has 25 heavy (non-hydrogen) atoms. The van der Waals surface area contributed by atoms with Gasteiger partial charge in [-0.25, -0.2) is 0 Å². The van der Waals surface area contributed by atoms with Crippen LogP contribution in [0.2, 0.25) is 0 Å². The van der Waals surface area contributed by atoms with E-state index in [4.69, 9.17) is 14.2 Å². The van der Waals surface area contributed by atoms with Gasteiger partial charge in [-0.3, -0.25) is 4.79 Å². The maximum atomic E-state index is 12.2. The number of Topliss-reactive ketones (excluding diaryl/α,β-unsaturated/α-hetero) is 1. The molecule has 5 N–H and O–H groups in total. The molecule has 0 aromatic heterocycles. The lowest BCUT2D eigenvalue weighted by Crippen LogP contribution is -3.00. The van der Waals surface area contributed by atoms with Crippen LogP contribution < -0.4 is 35.4 Å². The molecule has 0 bridgehead atoms. The van der Waals surface area contributed by atoms with E-state index >= 15 is 0 Å². The monoisotopic (exact) mass is 402 g/mol. The molecule has 0 aromatic carbocycles. The van der Waals surface area contributed by atoms with E-state index in [-0.39, 0.29) is 31.2 Å². The molecule has 2 heterocycles. The highest BCUT2D eigenvalue weighted by atomic mass is 35.5. The first kappa shape index (κ1) is 23.0. The fraction of sp³-hybridized carbons (Fsp3) is 0.929. The number of likely N-dealkylation sites (N-methyl/N-ethyl adjacent to an activating group) is 2. The number of aliphatic hydroxyl groups excluding tert-OH is 2. The SMILES string of the molecule is CN[C@@H]1[C@H](O)[C@H](NC)[C@H]2O[C@@]3(O)C(=O)C[C@@H](C)O[C@H]3OC2[C@H]1O.[Cl-].[Cl-]. The summed E-state index contributed by atoms with van der Waals surface area (Å²) in [5.41, 5.74) is 0. The van der Waals surface area contributed by atoms with Crippen LogP contribution in [-0.4, -0.2) is 89.9 Å². The van der Waals surface area contributed by atoms with Gasteiger partial charge in [0.15, 0.2) is 5.78 Å². The molecular weight excluding hydrogens is 379 g/mol. The average Bonchev–Trinajstić information content (AvgIpc) is 2.49. The molecule has 0 aromatic rings. The van der Waals surface area contributed by atoms with Crippen molar-refractivity contribution in [3.8, 4) is 0 Å². The predicted molar refractivity (Wildman–Crippen MR) is 76.4 cm³/mol. The zero-order valence-corrected chi connectivity index (χ0v) is 15.6. The first-order valence-electron chi connectivity index (χ1n) is 7.78. The number of carbonyl (C=O) groups excluding carboxylic acids is 1. The number of carbonyl (C=O) groups is 1. The Morgan fingerprint density at radius 2 is 1.64 bits per heavy atom. The first-order chi connectivity index (χ1) is 10.8. The van der Waals surface area contributed by atoms with E-state index in [1.807, 2.05) is 0 Å². The van der Waals surface area contributed by atoms with Gasteiger partial charge in [0.1, 0.15) is 18.3 Å². The second-order valence-corrected chi connectivity index (χ2v) is 6.40. The molecular formula is C14H24Cl2N2O7-2. The Kier molecular flexibility index (Phi) is 7.63. The van der Waals surface area contributed by atoms with Crippen molar-refractivity contribution >= 4 is 5.78 Å². The van der Waals surface area contributed by atoms with Gasteiger partial charge in [-0.1, -0.05) is 0 Å². The van der Waals surface area contributed by atoms with Crippen LogP contribution in [0.4, 0.5) is 0 Å². The highest BCUT2D eigenvalue weighted by Gasteiger charge is 2.63. The summed E-state index contributed by atoms with van der Waals surface area (Å²) in [4.78, 5) is 12.2. The summed E-state index contributed by atoms with van der Waals surface area (Å²) in [6.45, 7) is 1.70. The number of aliphatic hydroxyl groups is 3. The van der Waals surface area contributed by atoms with E-state index in [2.05, 4.69) is 10.6 Å². The standard InChI is InChI=1S/C14H24N2O7.2ClH/c1-5-4-6(17)14(20)13(21-5)22-12-10(19)7(15-2)9(18)8(16-3)11(12)23-14;;/h5,7-13,15-16,18-20H,4H2,1-3H3;2*1H/p-2/t5-,7-,8+,9+,10+,11-,12?,13+,14+;;/m1../s1. The molecule has 11 heteroatoms. The molecule has 2 saturated heterocycles. The molecule has 3 rings (SSSR count). The minimum Gasteiger partial charge on any atom is -1.00 e. The van der Waals surface area contributed by atoms with Crippen LogP contribution in [0, 0.1) is 0 Å². The van der Waals surface area contributed by atoms with Crippen LogP contribution in [0.25, 0.3) is 0 Å². The van der Waals surface area contributed by atoms with Gasteiger partial charge in [-0.15, -0.1) is 0 Å². The summed E-state index contributed by atoms with van der Waals surface area (Å²) >= 11 is 0. The normalized spacial score (nSPS) is 49.3. The highest BCUT2D eigenvalue weighted by molar-refractivity contribution is 5.87. The van der Waals surface area contributed by atoms with E-state index < -0.39 is 60.5 Å². The number of hydrogen-bond donors (Lipinski definition) is 5. The Morgan fingerprint density at radius 1 is 1.04 bits per heavy atom. The number of fused-ring (bicyclic) bond motifs is 2. The fourth-order valence-corrected chi connectivity index (χ4v) is 3.68. The second kappa shape index (κ2) is 8.30. The topological polar surface area (TPSA) is 130 Å². The number of halogens is 2. The smallest absolute Gasteiger partial charge is 0.280 e. The molecule has 2 aliphatic heterocycles. The van der Waals surface area contributed by atoms with Gasteiger partial charge in [0.25, 0.3) is 5.79 Å². The lowest BCUT2D eigenvalue weighted by Gasteiger charge is -2.55. The van der Waals surface area contributed by atoms with Crippen molar-refractivity contribution in [3.63, 3.8) is 0 Å². The summed E-state index contributed by atoms with van der Waals surface area (Å²) in [7, 11) is 3.24. The molecule has 1 aliphatic carbocycles. The first-order valence-corrected chi connectivity index (χ1v) is 7.78. The molecule has 9 atom stereocenters. The number of nitrogens with one attached hydrogen (secondary N) is 2. The lowest BCUT2D eigenvalue weighted by atomic mass is 9.80. The Balaban J connectivity index is 0.00000156. The van der Waals surface area contributed by atoms with Crippen molar-refractivity contribution in [2.45, 2.75) is 68.0 Å². The van der Waals surface area contributed by atoms with Gasteiger partial charge in [0.2, 0.25) is 6.29 Å². The van der Waals surface area contributed by atoms with Crippen LogP contribution in [0.1, 0.15) is 13.3 Å². The minimum absolute atomic E-state index is 0. The zero-order chi connectivity index (χ0) is 16.9. The quantitative estimate of drug-likeness (QED) is 0.305. The Hall–Kier alpha value is -0.0700. The van der Waals surface area contributed by atoms with Crippen molar-refractivity contribution in [1.82, 2.24) is 10.6 Å². The van der Waals surface area contributed by atoms with Crippen LogP contribution in [-0.2, 0) is 19.0 Å². The molecule has 3 aliphatic rings. The van der Waals surface area contributed by atoms with E-state index in [1.165, 1.54) is 0 Å². The molecule has 9 nitrogen and oxygen atoms in total. The predicted octanol–water partition coefficient (Wildman–Crippen LogP) is -8.92. The van der Waals surface area contributed by atoms with Crippen LogP contribution in [0.3, 0.4) is 0 Å². The molecule has 3 fully saturated rings. The number of rotatable bonds is 2. The van der Waals surface area contributed by atoms with Crippen molar-refractivity contribution in [1.29, 1.82) is 0 Å². The van der Waals surface area contributed by atoms with E-state index in [0.717, 1.165) is 0 Å². The van der Waals surface area contributed by atoms with Gasteiger partial charge in [0.05, 0.1) is 24.3 Å². The van der Waals surface area contributed by atoms with E-state index in [9.17, 15) is 20.1 Å². The van der Waals surface area contributed by atoms with Gasteiger partial charge in [-0.05, 0) is 21.0 Å². The maximum absolute atomic E-state index is 12.2.